The van der Waals surface area contributed by atoms with Crippen LogP contribution in [0.2, 0.25) is 0 Å². The Kier molecular flexibility index (Phi) is 5.75. The first kappa shape index (κ1) is 16.2. The monoisotopic (exact) mass is 305 g/mol. The van der Waals surface area contributed by atoms with Crippen molar-refractivity contribution in [3.05, 3.63) is 29.8 Å². The Hall–Kier alpha value is -1.83. The molecule has 1 aromatic carbocycles. The number of para-hydroxylation sites is 1. The summed E-state index contributed by atoms with van der Waals surface area (Å²) in [5, 5.41) is 7.79. The third-order valence-corrected chi connectivity index (χ3v) is 2.51. The van der Waals surface area contributed by atoms with E-state index in [0.717, 1.165) is 6.07 Å². The lowest BCUT2D eigenvalue weighted by atomic mass is 10.2. The summed E-state index contributed by atoms with van der Waals surface area (Å²) in [5.41, 5.74) is -0.900. The minimum Gasteiger partial charge on any atom is -0.361 e. The van der Waals surface area contributed by atoms with Gasteiger partial charge in [-0.1, -0.05) is 12.1 Å². The van der Waals surface area contributed by atoms with Gasteiger partial charge < -0.3 is 16.0 Å². The number of nitrogens with one attached hydrogen (secondary N) is 3. The van der Waals surface area contributed by atoms with Gasteiger partial charge in [-0.2, -0.15) is 13.2 Å². The Labute approximate surface area is 119 Å². The van der Waals surface area contributed by atoms with Crippen molar-refractivity contribution in [1.29, 1.82) is 0 Å². The zero-order chi connectivity index (χ0) is 15.2. The van der Waals surface area contributed by atoms with Gasteiger partial charge in [0.25, 0.3) is 0 Å². The molecular formula is C12H14F3N3OS. The summed E-state index contributed by atoms with van der Waals surface area (Å²) < 4.78 is 38.2. The summed E-state index contributed by atoms with van der Waals surface area (Å²) in [5.74, 6) is -0.187. The van der Waals surface area contributed by atoms with E-state index in [9.17, 15) is 18.0 Å². The highest BCUT2D eigenvalue weighted by Crippen LogP contribution is 2.34. The molecule has 110 valence electrons. The number of benzene rings is 1. The van der Waals surface area contributed by atoms with E-state index in [0.29, 0.717) is 13.1 Å². The van der Waals surface area contributed by atoms with Gasteiger partial charge in [0, 0.05) is 20.0 Å². The molecular weight excluding hydrogens is 291 g/mol. The second kappa shape index (κ2) is 7.09. The van der Waals surface area contributed by atoms with Crippen LogP contribution in [-0.4, -0.2) is 24.1 Å². The molecule has 8 heteroatoms. The van der Waals surface area contributed by atoms with Gasteiger partial charge in [-0.3, -0.25) is 4.79 Å². The molecule has 0 aliphatic carbocycles. The van der Waals surface area contributed by atoms with E-state index in [-0.39, 0.29) is 16.7 Å². The molecule has 0 saturated carbocycles. The number of hydrogen-bond acceptors (Lipinski definition) is 2. The van der Waals surface area contributed by atoms with Gasteiger partial charge >= 0.3 is 6.18 Å². The topological polar surface area (TPSA) is 53.2 Å². The number of carbonyl (C=O) groups is 1. The predicted octanol–water partition coefficient (Wildman–Crippen LogP) is 2.13. The second-order valence-electron chi connectivity index (χ2n) is 3.91. The van der Waals surface area contributed by atoms with Crippen molar-refractivity contribution < 1.29 is 18.0 Å². The van der Waals surface area contributed by atoms with Crippen molar-refractivity contribution in [2.45, 2.75) is 13.1 Å². The molecule has 20 heavy (non-hydrogen) atoms. The van der Waals surface area contributed by atoms with Crippen LogP contribution in [0, 0.1) is 0 Å². The number of halogens is 3. The number of thiocarbonyl (C=S) groups is 1. The summed E-state index contributed by atoms with van der Waals surface area (Å²) in [6.45, 7) is 2.02. The van der Waals surface area contributed by atoms with Crippen LogP contribution in [0.1, 0.15) is 12.5 Å². The molecule has 0 saturated heterocycles. The number of carbonyl (C=O) groups excluding carboxylic acids is 1. The quantitative estimate of drug-likeness (QED) is 0.589. The van der Waals surface area contributed by atoms with E-state index in [4.69, 9.17) is 12.2 Å². The maximum atomic E-state index is 12.7. The van der Waals surface area contributed by atoms with E-state index < -0.39 is 11.7 Å². The molecule has 0 unspecified atom stereocenters. The van der Waals surface area contributed by atoms with Crippen molar-refractivity contribution in [2.24, 2.45) is 0 Å². The third-order valence-electron chi connectivity index (χ3n) is 2.27. The Balaban J connectivity index is 2.56. The van der Waals surface area contributed by atoms with Crippen molar-refractivity contribution in [1.82, 2.24) is 10.6 Å². The fourth-order valence-corrected chi connectivity index (χ4v) is 1.63. The molecule has 1 aromatic rings. The van der Waals surface area contributed by atoms with Gasteiger partial charge in [0.1, 0.15) is 0 Å². The van der Waals surface area contributed by atoms with Crippen LogP contribution in [0.3, 0.4) is 0 Å². The van der Waals surface area contributed by atoms with Gasteiger partial charge in [0.2, 0.25) is 5.91 Å². The molecule has 0 aliphatic heterocycles. The average Bonchev–Trinajstić information content (AvgIpc) is 2.34. The fourth-order valence-electron chi connectivity index (χ4n) is 1.42. The van der Waals surface area contributed by atoms with Gasteiger partial charge in [-0.05, 0) is 24.4 Å². The van der Waals surface area contributed by atoms with E-state index in [1.54, 1.807) is 0 Å². The third kappa shape index (κ3) is 5.43. The number of amides is 1. The normalized spacial score (nSPS) is 10.8. The Morgan fingerprint density at radius 3 is 2.40 bits per heavy atom. The summed E-state index contributed by atoms with van der Waals surface area (Å²) in [6.07, 6.45) is -4.45. The first-order chi connectivity index (χ1) is 9.30. The zero-order valence-electron chi connectivity index (χ0n) is 10.7. The van der Waals surface area contributed by atoms with Crippen molar-refractivity contribution in [3.8, 4) is 0 Å². The highest BCUT2D eigenvalue weighted by molar-refractivity contribution is 7.80. The van der Waals surface area contributed by atoms with Crippen LogP contribution in [-0.2, 0) is 11.0 Å². The summed E-state index contributed by atoms with van der Waals surface area (Å²) in [4.78, 5) is 10.6. The Morgan fingerprint density at radius 1 is 1.20 bits per heavy atom. The highest BCUT2D eigenvalue weighted by atomic mass is 32.1. The minimum atomic E-state index is -4.45. The van der Waals surface area contributed by atoms with Crippen LogP contribution in [0.4, 0.5) is 18.9 Å². The first-order valence-electron chi connectivity index (χ1n) is 5.76. The van der Waals surface area contributed by atoms with E-state index in [1.807, 2.05) is 0 Å². The standard InChI is InChI=1S/C12H14F3N3OS/c1-8(19)16-6-7-17-11(20)18-10-5-3-2-4-9(10)12(13,14)15/h2-5H,6-7H2,1H3,(H,16,19)(H2,17,18,20). The largest absolute Gasteiger partial charge is 0.418 e. The van der Waals surface area contributed by atoms with E-state index >= 15 is 0 Å². The van der Waals surface area contributed by atoms with Crippen molar-refractivity contribution >= 4 is 28.9 Å². The molecule has 1 amide bonds. The predicted molar refractivity (Wildman–Crippen MR) is 74.4 cm³/mol. The molecule has 0 radical (unpaired) electrons. The zero-order valence-corrected chi connectivity index (χ0v) is 11.5. The molecule has 0 fully saturated rings. The first-order valence-corrected chi connectivity index (χ1v) is 6.17. The van der Waals surface area contributed by atoms with Gasteiger partial charge in [-0.15, -0.1) is 0 Å². The average molecular weight is 305 g/mol. The number of alkyl halides is 3. The van der Waals surface area contributed by atoms with Crippen LogP contribution in [0.15, 0.2) is 24.3 Å². The summed E-state index contributed by atoms with van der Waals surface area (Å²) in [6, 6.07) is 5.06. The van der Waals surface area contributed by atoms with Gasteiger partial charge in [-0.25, -0.2) is 0 Å². The smallest absolute Gasteiger partial charge is 0.361 e. The van der Waals surface area contributed by atoms with Crippen molar-refractivity contribution in [2.75, 3.05) is 18.4 Å². The van der Waals surface area contributed by atoms with Crippen molar-refractivity contribution in [3.63, 3.8) is 0 Å². The molecule has 0 aliphatic rings. The molecule has 1 rings (SSSR count). The number of rotatable bonds is 4. The van der Waals surface area contributed by atoms with Crippen LogP contribution in [0.5, 0.6) is 0 Å². The highest BCUT2D eigenvalue weighted by Gasteiger charge is 2.33. The molecule has 0 atom stereocenters. The maximum Gasteiger partial charge on any atom is 0.418 e. The molecule has 0 spiro atoms. The lowest BCUT2D eigenvalue weighted by Gasteiger charge is -2.15. The molecule has 4 nitrogen and oxygen atoms in total. The molecule has 3 N–H and O–H groups in total. The fraction of sp³-hybridized carbons (Fsp3) is 0.333. The SMILES string of the molecule is CC(=O)NCCNC(=S)Nc1ccccc1C(F)(F)F. The Bertz CT molecular complexity index is 491. The summed E-state index contributed by atoms with van der Waals surface area (Å²) in [7, 11) is 0. The van der Waals surface area contributed by atoms with E-state index in [2.05, 4.69) is 16.0 Å². The van der Waals surface area contributed by atoms with Gasteiger partial charge in [0.15, 0.2) is 5.11 Å². The molecule has 0 aromatic heterocycles. The van der Waals surface area contributed by atoms with E-state index in [1.165, 1.54) is 25.1 Å². The second-order valence-corrected chi connectivity index (χ2v) is 4.32. The van der Waals surface area contributed by atoms with Gasteiger partial charge in [0.05, 0.1) is 11.3 Å². The maximum absolute atomic E-state index is 12.7. The molecule has 0 heterocycles. The Morgan fingerprint density at radius 2 is 1.80 bits per heavy atom. The summed E-state index contributed by atoms with van der Waals surface area (Å²) >= 11 is 4.90. The van der Waals surface area contributed by atoms with Crippen LogP contribution in [0.25, 0.3) is 0 Å². The lowest BCUT2D eigenvalue weighted by Crippen LogP contribution is -2.36. The molecule has 0 bridgehead atoms. The minimum absolute atomic E-state index is 0.0621. The number of hydrogen-bond donors (Lipinski definition) is 3. The van der Waals surface area contributed by atoms with Crippen LogP contribution < -0.4 is 16.0 Å². The van der Waals surface area contributed by atoms with Crippen LogP contribution >= 0.6 is 12.2 Å². The number of anilines is 1. The lowest BCUT2D eigenvalue weighted by molar-refractivity contribution is -0.136.